The number of aliphatic imine (C=N–C) groups is 2. The molecule has 33 nitrogen and oxygen atoms in total. The molecule has 698 valence electrons. The highest BCUT2D eigenvalue weighted by Gasteiger charge is 2.62. The first-order chi connectivity index (χ1) is 65.3. The molecule has 8 N–H and O–H groups in total. The first-order valence-electron chi connectivity index (χ1n) is 45.5. The van der Waals surface area contributed by atoms with Crippen molar-refractivity contribution in [3.8, 4) is 0 Å². The number of alkyl carbamates (subject to hydrolysis) is 1. The van der Waals surface area contributed by atoms with Crippen LogP contribution < -0.4 is 42.5 Å². The number of anilines is 1. The van der Waals surface area contributed by atoms with Gasteiger partial charge in [0.15, 0.2) is 11.8 Å². The van der Waals surface area contributed by atoms with Crippen molar-refractivity contribution in [2.75, 3.05) is 154 Å². The molecule has 7 aromatic rings. The smallest absolute Gasteiger partial charge is 0.414 e. The van der Waals surface area contributed by atoms with Gasteiger partial charge in [-0.05, 0) is 143 Å². The van der Waals surface area contributed by atoms with Gasteiger partial charge in [-0.2, -0.15) is 34.0 Å². The molecule has 0 spiro atoms. The monoisotopic (exact) mass is 2030 g/mol. The minimum Gasteiger partial charge on any atom is -0.444 e. The van der Waals surface area contributed by atoms with Crippen molar-refractivity contribution in [1.82, 2.24) is 90.9 Å². The third-order valence-corrected chi connectivity index (χ3v) is 33.9. The maximum absolute atomic E-state index is 14.0. The van der Waals surface area contributed by atoms with Gasteiger partial charge in [-0.3, -0.25) is 43.9 Å². The number of aryl methyl sites for hydroxylation is 2. The van der Waals surface area contributed by atoms with Crippen LogP contribution in [0.3, 0.4) is 0 Å². The van der Waals surface area contributed by atoms with Crippen LogP contribution in [0.25, 0.3) is 14.5 Å². The Morgan fingerprint density at radius 2 is 0.946 bits per heavy atom. The van der Waals surface area contributed by atoms with Crippen molar-refractivity contribution in [2.45, 2.75) is 73.5 Å². The third-order valence-electron chi connectivity index (χ3n) is 25.8. The molecular formula is C88H116Br2FN25O8S6. The number of likely N-dealkylation sites (N-methyl/N-ethyl adjacent to an activating group) is 4. The van der Waals surface area contributed by atoms with Gasteiger partial charge >= 0.3 is 6.09 Å². The number of hydrogen-bond donors (Lipinski definition) is 7. The Bertz CT molecular complexity index is 5850. The van der Waals surface area contributed by atoms with E-state index in [-0.39, 0.29) is 108 Å². The van der Waals surface area contributed by atoms with Gasteiger partial charge < -0.3 is 81.2 Å². The van der Waals surface area contributed by atoms with E-state index in [1.807, 2.05) is 48.3 Å². The molecule has 12 aliphatic heterocycles. The average Bonchev–Trinajstić information content (AvgIpc) is 1.60. The Kier molecular flexibility index (Phi) is 25.4. The number of ether oxygens (including phenoxy) is 1. The molecule has 10 fully saturated rings. The Hall–Kier alpha value is -10.4. The fourth-order valence-electron chi connectivity index (χ4n) is 19.2. The number of aromatic nitrogens is 2. The summed E-state index contributed by atoms with van der Waals surface area (Å²) in [7, 11) is 18.5. The number of guanidine groups is 2. The predicted octanol–water partition coefficient (Wildman–Crippen LogP) is 11.7. The standard InChI is InChI=1S/C18H18FN7OS.C17H21N5O3S.C14H16N4OS.2C13H16BrN3OS.C13H17N3OS.6H2/c1-9-14(19)10(2)23-17(22-9)26-7-11-15(27)25(4)16(20)24-18(11,8-26)12-5-6-13(21-3)28-12;1-16(2,3)25-15(24)20-14-21-17(11-6-7-12(18-4)26-11)9-19-8-10(17)13(23)22(14)5;1-9-16-14(11-5-6-12(15-2)20-11)8-17(3)7-10(14)13(19)18(9)4;1-8-15-13(11-4-9(14)6-19-11)7-16(2)5-10(13)12(18)17(8)3;1-8-15-13(10-4-5-11(14)19-10)7-16(2)6-9(13)12(18)17(8)3;1-9-14-13(11-5-4-6-18-11)8-15(2)7-10(13)12(17)16(9)3;;;;;;/h5-6,11H,7-8H2,1-2,4H3,(H2,20,24);6-7,10,19H,8-9H2,1-3,5H3,(H,20,21,24);5-6,10,16H,1,7-8H2,3-4H3;4,6,10,15H,1,5,7H2,2-3H3;4-5,9,15H,1,6-7H2,2-3H3;4-6,10,14H,1,7-8H2,2-3H3;6*1H/t11-,18-;10-,17-;10-,14-;10-,13-;9-,13-;10-,13-;;;;;;/m000000....../s1/i;;;;;;4*1+1D;2*1+1. The number of amides is 7. The lowest BCUT2D eigenvalue weighted by Gasteiger charge is -2.43. The topological polar surface area (TPSA) is 326 Å². The number of rotatable bonds is 7. The fraction of sp³-hybridized carbons (Fsp3) is 0.455. The maximum atomic E-state index is 14.0. The van der Waals surface area contributed by atoms with E-state index in [0.717, 1.165) is 68.7 Å². The van der Waals surface area contributed by atoms with Crippen LogP contribution in [0.5, 0.6) is 0 Å². The third kappa shape index (κ3) is 17.5. The summed E-state index contributed by atoms with van der Waals surface area (Å²) in [4.78, 5) is 143. The first kappa shape index (κ1) is 90.2. The van der Waals surface area contributed by atoms with E-state index in [9.17, 15) is 38.0 Å². The van der Waals surface area contributed by atoms with Crippen LogP contribution in [-0.4, -0.2) is 267 Å². The average molecular weight is 2030 g/mol. The number of nitrogens with one attached hydrogen (secondary N) is 6. The lowest BCUT2D eigenvalue weighted by atomic mass is 9.82. The number of nitrogens with zero attached hydrogens (tertiary/aromatic N) is 18. The molecule has 42 heteroatoms. The molecule has 0 aromatic carbocycles. The molecule has 10 saturated heterocycles. The number of halogens is 3. The molecule has 130 heavy (non-hydrogen) atoms. The summed E-state index contributed by atoms with van der Waals surface area (Å²) in [6.45, 7) is 53.8. The van der Waals surface area contributed by atoms with Gasteiger partial charge in [0.2, 0.25) is 62.4 Å². The second-order valence-corrected chi connectivity index (χ2v) is 43.9. The van der Waals surface area contributed by atoms with Gasteiger partial charge in [-0.25, -0.2) is 43.7 Å². The van der Waals surface area contributed by atoms with E-state index in [4.69, 9.17) is 52.1 Å². The lowest BCUT2D eigenvalue weighted by molar-refractivity contribution is -0.138. The minimum absolute atomic E-state index is 0. The van der Waals surface area contributed by atoms with Gasteiger partial charge in [-0.1, -0.05) is 50.6 Å². The molecular weight excluding hydrogens is 1910 g/mol. The van der Waals surface area contributed by atoms with Crippen molar-refractivity contribution in [2.24, 2.45) is 51.2 Å². The molecule has 19 heterocycles. The Balaban J connectivity index is 0.000000203. The molecule has 19 rings (SSSR count). The molecule has 0 unspecified atom stereocenters. The highest BCUT2D eigenvalue weighted by molar-refractivity contribution is 9.11. The molecule has 7 aromatic heterocycles. The molecule has 0 bridgehead atoms. The summed E-state index contributed by atoms with van der Waals surface area (Å²) in [6.07, 6.45) is -0.663. The summed E-state index contributed by atoms with van der Waals surface area (Å²) in [5.74, 6) is 2.00. The summed E-state index contributed by atoms with van der Waals surface area (Å²) in [5.41, 5.74) is 2.77. The van der Waals surface area contributed by atoms with Gasteiger partial charge in [0.05, 0.1) is 99.1 Å². The van der Waals surface area contributed by atoms with E-state index in [1.165, 1.54) is 58.4 Å². The molecule has 0 aliphatic carbocycles. The number of carbonyl (C=O) groups is 7. The molecule has 12 atom stereocenters. The molecule has 7 amide bonds. The van der Waals surface area contributed by atoms with Crippen LogP contribution in [-0.2, 0) is 66.7 Å². The van der Waals surface area contributed by atoms with Crippen LogP contribution >= 0.6 is 99.9 Å². The van der Waals surface area contributed by atoms with E-state index in [1.54, 1.807) is 143 Å². The summed E-state index contributed by atoms with van der Waals surface area (Å²) in [6, 6.07) is 21.3. The maximum Gasteiger partial charge on any atom is 0.414 e. The van der Waals surface area contributed by atoms with Gasteiger partial charge in [0.1, 0.15) is 40.0 Å². The highest BCUT2D eigenvalue weighted by atomic mass is 79.9. The first-order valence-corrected chi connectivity index (χ1v) is 48.1. The van der Waals surface area contributed by atoms with Gasteiger partial charge in [0, 0.05) is 168 Å². The number of thiophene rings is 6. The molecule has 0 radical (unpaired) electrons. The Morgan fingerprint density at radius 3 is 1.35 bits per heavy atom. The van der Waals surface area contributed by atoms with Crippen molar-refractivity contribution < 1.29 is 57.4 Å². The van der Waals surface area contributed by atoms with Crippen molar-refractivity contribution in [1.29, 1.82) is 0 Å². The van der Waals surface area contributed by atoms with E-state index in [0.29, 0.717) is 77.0 Å². The lowest BCUT2D eigenvalue weighted by Crippen LogP contribution is -2.60. The number of nitrogens with two attached hydrogens (primary N) is 1. The van der Waals surface area contributed by atoms with Crippen molar-refractivity contribution >= 4 is 174 Å². The second kappa shape index (κ2) is 36.7. The van der Waals surface area contributed by atoms with Gasteiger partial charge in [0.25, 0.3) is 0 Å². The molecule has 0 saturated carbocycles. The van der Waals surface area contributed by atoms with Crippen LogP contribution in [0.4, 0.5) is 30.1 Å². The van der Waals surface area contributed by atoms with Crippen LogP contribution in [0.15, 0.2) is 145 Å². The largest absolute Gasteiger partial charge is 0.444 e. The number of fused-ring (bicyclic) bond motifs is 6. The number of carbonyl (C=O) groups excluding carboxylic acids is 7. The predicted molar refractivity (Wildman–Crippen MR) is 524 cm³/mol. The quantitative estimate of drug-likeness (QED) is 0.0729. The normalized spacial score (nSPS) is 28.9. The minimum atomic E-state index is -0.916. The fourth-order valence-corrected chi connectivity index (χ4v) is 26.3. The van der Waals surface area contributed by atoms with E-state index in [2.05, 4.69) is 184 Å². The highest BCUT2D eigenvalue weighted by Crippen LogP contribution is 2.53. The van der Waals surface area contributed by atoms with Crippen LogP contribution in [0.1, 0.15) is 76.2 Å². The zero-order valence-electron chi connectivity index (χ0n) is 82.8. The Labute approximate surface area is 811 Å². The number of likely N-dealkylation sites (tertiary alicyclic amines) is 4. The summed E-state index contributed by atoms with van der Waals surface area (Å²) in [5, 5.41) is 25.6. The van der Waals surface area contributed by atoms with E-state index >= 15 is 0 Å². The SMILES string of the molecule is C=C1N[C@@]2(c3cc(Br)cs3)CN(C)C[C@H]2C(=O)N1C.C=C1N[C@@]2(c3ccc(Br)s3)CN(C)C[C@H]2C(=O)N1C.C=C1N[C@@]2(c3cccs3)CN(C)C[C@H]2C(=O)N1C.[2HH].[2HH].[2H][2H].[2H][2H].[2H][2H].[2H][2H].[C-]#[N+]c1ccc([C@]23CN(C)C[C@H]2C(=O)N(C)C(=C)N3)s1.[C-]#[N+]c1ccc([C@]23CN(c4nc(C)c(F)c(C)n4)C[C@H]2C(=O)N(C)C(N)=N3)s1.[C-]#[N+]c1ccc([C@]23CNC[C@H]2C(=O)N(C)C(NC(=O)OC(C)(C)C)=N3)s1. The Morgan fingerprint density at radius 1 is 0.538 bits per heavy atom. The van der Waals surface area contributed by atoms with Crippen molar-refractivity contribution in [3.05, 3.63) is 216 Å². The zero-order chi connectivity index (χ0) is 102. The summed E-state index contributed by atoms with van der Waals surface area (Å²) < 4.78 is 61.4. The second-order valence-electron chi connectivity index (χ2n) is 35.5. The number of hydrogen-bond acceptors (Lipinski definition) is 29. The van der Waals surface area contributed by atoms with Crippen LogP contribution in [0.2, 0.25) is 0 Å². The van der Waals surface area contributed by atoms with Crippen molar-refractivity contribution in [3.63, 3.8) is 0 Å². The van der Waals surface area contributed by atoms with Crippen LogP contribution in [0, 0.1) is 74.9 Å². The molecule has 12 aliphatic rings. The zero-order valence-corrected chi connectivity index (χ0v) is 82.8. The summed E-state index contributed by atoms with van der Waals surface area (Å²) >= 11 is 16.2. The van der Waals surface area contributed by atoms with Gasteiger partial charge in [-0.15, -0.1) is 34.0 Å². The van der Waals surface area contributed by atoms with E-state index < -0.39 is 40.0 Å².